The highest BCUT2D eigenvalue weighted by Gasteiger charge is 2.20. The zero-order valence-corrected chi connectivity index (χ0v) is 13.7. The van der Waals surface area contributed by atoms with Crippen LogP contribution < -0.4 is 0 Å². The molecule has 21 heavy (non-hydrogen) atoms. The molecular weight excluding hydrogens is 256 g/mol. The molecular formula is C20H32O. The first-order valence-corrected chi connectivity index (χ1v) is 9.06. The maximum absolute atomic E-state index is 9.29. The summed E-state index contributed by atoms with van der Waals surface area (Å²) in [6.45, 7) is 2.30. The largest absolute Gasteiger partial charge is 0.508 e. The minimum Gasteiger partial charge on any atom is -0.508 e. The van der Waals surface area contributed by atoms with Crippen LogP contribution in [-0.2, 0) is 6.42 Å². The van der Waals surface area contributed by atoms with Crippen LogP contribution in [-0.4, -0.2) is 5.11 Å². The number of aryl methyl sites for hydroxylation is 1. The second-order valence-electron chi connectivity index (χ2n) is 6.94. The van der Waals surface area contributed by atoms with E-state index in [1.54, 1.807) is 12.1 Å². The lowest BCUT2D eigenvalue weighted by molar-refractivity contribution is 0.246. The summed E-state index contributed by atoms with van der Waals surface area (Å²) < 4.78 is 0. The number of hydrogen-bond donors (Lipinski definition) is 1. The molecule has 0 radical (unpaired) electrons. The van der Waals surface area contributed by atoms with Gasteiger partial charge in [-0.1, -0.05) is 76.8 Å². The Morgan fingerprint density at radius 2 is 1.43 bits per heavy atom. The SMILES string of the molecule is CCCCCC1CCC(CCCc2ccc(O)cc2)CC1. The molecule has 0 atom stereocenters. The molecule has 1 aromatic rings. The molecule has 0 unspecified atom stereocenters. The lowest BCUT2D eigenvalue weighted by Crippen LogP contribution is -2.14. The molecule has 1 aliphatic rings. The number of phenolic OH excluding ortho intramolecular Hbond substituents is 1. The molecule has 1 N–H and O–H groups in total. The van der Waals surface area contributed by atoms with Gasteiger partial charge in [0, 0.05) is 0 Å². The Hall–Kier alpha value is -0.980. The van der Waals surface area contributed by atoms with E-state index >= 15 is 0 Å². The predicted molar refractivity (Wildman–Crippen MR) is 90.6 cm³/mol. The van der Waals surface area contributed by atoms with Gasteiger partial charge in [0.05, 0.1) is 0 Å². The number of phenols is 1. The van der Waals surface area contributed by atoms with Crippen molar-refractivity contribution < 1.29 is 5.11 Å². The van der Waals surface area contributed by atoms with Crippen LogP contribution in [0, 0.1) is 11.8 Å². The first-order chi connectivity index (χ1) is 10.3. The van der Waals surface area contributed by atoms with Crippen molar-refractivity contribution >= 4 is 0 Å². The summed E-state index contributed by atoms with van der Waals surface area (Å²) in [6, 6.07) is 7.72. The topological polar surface area (TPSA) is 20.2 Å². The fourth-order valence-corrected chi connectivity index (χ4v) is 3.75. The maximum atomic E-state index is 9.29. The van der Waals surface area contributed by atoms with E-state index in [4.69, 9.17) is 0 Å². The van der Waals surface area contributed by atoms with Crippen molar-refractivity contribution in [3.63, 3.8) is 0 Å². The molecule has 0 spiro atoms. The molecule has 1 aromatic carbocycles. The van der Waals surface area contributed by atoms with Crippen LogP contribution in [0.15, 0.2) is 24.3 Å². The van der Waals surface area contributed by atoms with Gasteiger partial charge < -0.3 is 5.11 Å². The second kappa shape index (κ2) is 9.12. The normalized spacial score (nSPS) is 22.3. The molecule has 0 aliphatic heterocycles. The van der Waals surface area contributed by atoms with E-state index in [1.807, 2.05) is 0 Å². The van der Waals surface area contributed by atoms with Gasteiger partial charge >= 0.3 is 0 Å². The van der Waals surface area contributed by atoms with E-state index in [1.165, 1.54) is 69.8 Å². The third-order valence-corrected chi connectivity index (χ3v) is 5.20. The van der Waals surface area contributed by atoms with Crippen LogP contribution in [0.4, 0.5) is 0 Å². The van der Waals surface area contributed by atoms with Crippen LogP contribution in [0.1, 0.15) is 76.7 Å². The monoisotopic (exact) mass is 288 g/mol. The van der Waals surface area contributed by atoms with Crippen LogP contribution in [0.25, 0.3) is 0 Å². The number of aromatic hydroxyl groups is 1. The summed E-state index contributed by atoms with van der Waals surface area (Å²) in [7, 11) is 0. The maximum Gasteiger partial charge on any atom is 0.115 e. The molecule has 0 saturated heterocycles. The fourth-order valence-electron chi connectivity index (χ4n) is 3.75. The Morgan fingerprint density at radius 3 is 2.00 bits per heavy atom. The van der Waals surface area contributed by atoms with Crippen molar-refractivity contribution in [2.45, 2.75) is 77.6 Å². The highest BCUT2D eigenvalue weighted by molar-refractivity contribution is 5.25. The van der Waals surface area contributed by atoms with Crippen LogP contribution in [0.5, 0.6) is 5.75 Å². The van der Waals surface area contributed by atoms with Gasteiger partial charge in [0.2, 0.25) is 0 Å². The van der Waals surface area contributed by atoms with Gasteiger partial charge in [-0.25, -0.2) is 0 Å². The molecule has 0 aromatic heterocycles. The number of hydrogen-bond acceptors (Lipinski definition) is 1. The zero-order chi connectivity index (χ0) is 14.9. The van der Waals surface area contributed by atoms with Crippen LogP contribution in [0.2, 0.25) is 0 Å². The van der Waals surface area contributed by atoms with E-state index in [0.717, 1.165) is 18.3 Å². The highest BCUT2D eigenvalue weighted by Crippen LogP contribution is 2.34. The fraction of sp³-hybridized carbons (Fsp3) is 0.700. The lowest BCUT2D eigenvalue weighted by atomic mass is 9.78. The van der Waals surface area contributed by atoms with Gasteiger partial charge in [0.25, 0.3) is 0 Å². The molecule has 1 heteroatoms. The summed E-state index contributed by atoms with van der Waals surface area (Å²) in [5, 5.41) is 9.29. The van der Waals surface area contributed by atoms with Gasteiger partial charge in [-0.05, 0) is 42.4 Å². The average Bonchev–Trinajstić information content (AvgIpc) is 2.51. The van der Waals surface area contributed by atoms with E-state index in [2.05, 4.69) is 19.1 Å². The molecule has 118 valence electrons. The Morgan fingerprint density at radius 1 is 0.857 bits per heavy atom. The second-order valence-corrected chi connectivity index (χ2v) is 6.94. The molecule has 1 nitrogen and oxygen atoms in total. The molecule has 0 bridgehead atoms. The summed E-state index contributed by atoms with van der Waals surface area (Å²) in [5.74, 6) is 2.38. The summed E-state index contributed by atoms with van der Waals surface area (Å²) in [4.78, 5) is 0. The minimum absolute atomic E-state index is 0.375. The molecule has 2 rings (SSSR count). The smallest absolute Gasteiger partial charge is 0.115 e. The van der Waals surface area contributed by atoms with Gasteiger partial charge in [-0.2, -0.15) is 0 Å². The van der Waals surface area contributed by atoms with Gasteiger partial charge in [0.15, 0.2) is 0 Å². The standard InChI is InChI=1S/C20H32O/c1-2-3-4-6-17-9-11-18(12-10-17)7-5-8-19-13-15-20(21)16-14-19/h13-18,21H,2-12H2,1H3. The number of rotatable bonds is 8. The quantitative estimate of drug-likeness (QED) is 0.573. The minimum atomic E-state index is 0.375. The van der Waals surface area contributed by atoms with Gasteiger partial charge in [-0.15, -0.1) is 0 Å². The summed E-state index contributed by atoms with van der Waals surface area (Å²) in [6.07, 6.45) is 15.5. The first kappa shape index (κ1) is 16.4. The number of unbranched alkanes of at least 4 members (excludes halogenated alkanes) is 2. The molecule has 0 amide bonds. The molecule has 0 heterocycles. The van der Waals surface area contributed by atoms with Crippen molar-refractivity contribution in [1.82, 2.24) is 0 Å². The van der Waals surface area contributed by atoms with Crippen molar-refractivity contribution in [3.8, 4) is 5.75 Å². The highest BCUT2D eigenvalue weighted by atomic mass is 16.3. The third kappa shape index (κ3) is 6.11. The van der Waals surface area contributed by atoms with E-state index in [0.29, 0.717) is 5.75 Å². The average molecular weight is 288 g/mol. The third-order valence-electron chi connectivity index (χ3n) is 5.20. The van der Waals surface area contributed by atoms with Gasteiger partial charge in [-0.3, -0.25) is 0 Å². The molecule has 1 fully saturated rings. The van der Waals surface area contributed by atoms with Crippen molar-refractivity contribution in [2.75, 3.05) is 0 Å². The Bertz CT molecular complexity index is 373. The van der Waals surface area contributed by atoms with Crippen molar-refractivity contribution in [1.29, 1.82) is 0 Å². The Balaban J connectivity index is 1.57. The van der Waals surface area contributed by atoms with E-state index in [9.17, 15) is 5.11 Å². The zero-order valence-electron chi connectivity index (χ0n) is 13.7. The van der Waals surface area contributed by atoms with Gasteiger partial charge in [0.1, 0.15) is 5.75 Å². The van der Waals surface area contributed by atoms with E-state index in [-0.39, 0.29) is 0 Å². The summed E-state index contributed by atoms with van der Waals surface area (Å²) in [5.41, 5.74) is 1.36. The molecule has 1 saturated carbocycles. The lowest BCUT2D eigenvalue weighted by Gasteiger charge is -2.28. The first-order valence-electron chi connectivity index (χ1n) is 9.06. The van der Waals surface area contributed by atoms with Crippen LogP contribution >= 0.6 is 0 Å². The van der Waals surface area contributed by atoms with Crippen molar-refractivity contribution in [3.05, 3.63) is 29.8 Å². The predicted octanol–water partition coefficient (Wildman–Crippen LogP) is 6.10. The molecule has 1 aliphatic carbocycles. The van der Waals surface area contributed by atoms with Crippen LogP contribution in [0.3, 0.4) is 0 Å². The van der Waals surface area contributed by atoms with E-state index < -0.39 is 0 Å². The Labute approximate surface area is 130 Å². The summed E-state index contributed by atoms with van der Waals surface area (Å²) >= 11 is 0. The number of benzene rings is 1. The Kier molecular flexibility index (Phi) is 7.12. The van der Waals surface area contributed by atoms with Crippen molar-refractivity contribution in [2.24, 2.45) is 11.8 Å².